The van der Waals surface area contributed by atoms with Gasteiger partial charge in [-0.1, -0.05) is 33.1 Å². The van der Waals surface area contributed by atoms with Crippen molar-refractivity contribution < 1.29 is 4.79 Å². The van der Waals surface area contributed by atoms with E-state index in [1.54, 1.807) is 11.3 Å². The summed E-state index contributed by atoms with van der Waals surface area (Å²) < 4.78 is 2.20. The molecule has 0 spiro atoms. The van der Waals surface area contributed by atoms with E-state index in [9.17, 15) is 4.79 Å². The van der Waals surface area contributed by atoms with Gasteiger partial charge in [0.15, 0.2) is 0 Å². The maximum Gasteiger partial charge on any atom is 0.265 e. The zero-order valence-electron chi connectivity index (χ0n) is 18.8. The number of rotatable bonds is 5. The van der Waals surface area contributed by atoms with Crippen LogP contribution in [0.4, 0.5) is 11.4 Å². The van der Waals surface area contributed by atoms with Gasteiger partial charge in [0.05, 0.1) is 16.6 Å². The smallest absolute Gasteiger partial charge is 0.265 e. The molecule has 1 aliphatic heterocycles. The van der Waals surface area contributed by atoms with Crippen LogP contribution in [0.2, 0.25) is 0 Å². The van der Waals surface area contributed by atoms with Gasteiger partial charge in [0.1, 0.15) is 4.83 Å². The molecule has 1 aliphatic carbocycles. The van der Waals surface area contributed by atoms with Crippen molar-refractivity contribution in [2.24, 2.45) is 5.92 Å². The Morgan fingerprint density at radius 2 is 2.03 bits per heavy atom. The van der Waals surface area contributed by atoms with Gasteiger partial charge >= 0.3 is 0 Å². The Labute approximate surface area is 188 Å². The summed E-state index contributed by atoms with van der Waals surface area (Å²) in [6, 6.07) is 8.85. The normalized spacial score (nSPS) is 17.0. The van der Waals surface area contributed by atoms with Crippen LogP contribution in [0.5, 0.6) is 0 Å². The third kappa shape index (κ3) is 3.98. The van der Waals surface area contributed by atoms with Gasteiger partial charge in [-0.3, -0.25) is 9.48 Å². The molecule has 2 aliphatic rings. The molecule has 1 saturated carbocycles. The molecule has 2 aromatic heterocycles. The van der Waals surface area contributed by atoms with Crippen molar-refractivity contribution in [1.82, 2.24) is 9.78 Å². The molecular formula is C25H32N4OS. The first-order valence-corrected chi connectivity index (χ1v) is 12.5. The highest BCUT2D eigenvalue weighted by Crippen LogP contribution is 2.36. The highest BCUT2D eigenvalue weighted by Gasteiger charge is 2.23. The number of aromatic nitrogens is 2. The van der Waals surface area contributed by atoms with Gasteiger partial charge < -0.3 is 10.2 Å². The highest BCUT2D eigenvalue weighted by molar-refractivity contribution is 7.20. The standard InChI is InChI=1S/C25H32N4OS/c1-16(2)15-28-12-11-18-13-19(9-10-22(18)28)26-24(30)23-14-21-17(3)27-29(25(21)31-23)20-7-5-4-6-8-20/h9-10,13-14,16,20H,4-8,11-12,15H2,1-3H3,(H,26,30). The first kappa shape index (κ1) is 20.6. The van der Waals surface area contributed by atoms with Gasteiger partial charge in [0.2, 0.25) is 0 Å². The molecular weight excluding hydrogens is 404 g/mol. The fourth-order valence-electron chi connectivity index (χ4n) is 5.13. The lowest BCUT2D eigenvalue weighted by molar-refractivity contribution is 0.103. The molecule has 164 valence electrons. The van der Waals surface area contributed by atoms with Gasteiger partial charge in [0, 0.05) is 29.9 Å². The van der Waals surface area contributed by atoms with Crippen LogP contribution in [0.3, 0.4) is 0 Å². The highest BCUT2D eigenvalue weighted by atomic mass is 32.1. The van der Waals surface area contributed by atoms with E-state index in [1.807, 2.05) is 12.1 Å². The molecule has 6 heteroatoms. The third-order valence-electron chi connectivity index (χ3n) is 6.63. The minimum Gasteiger partial charge on any atom is -0.371 e. The SMILES string of the molecule is Cc1nn(C2CCCCC2)c2sc(C(=O)Nc3ccc4c(c3)CCN4CC(C)C)cc12. The lowest BCUT2D eigenvalue weighted by atomic mass is 9.96. The molecule has 1 aromatic carbocycles. The zero-order valence-corrected chi connectivity index (χ0v) is 19.6. The Kier molecular flexibility index (Phi) is 5.51. The van der Waals surface area contributed by atoms with Crippen molar-refractivity contribution in [1.29, 1.82) is 0 Å². The summed E-state index contributed by atoms with van der Waals surface area (Å²) in [4.78, 5) is 17.4. The second-order valence-corrected chi connectivity index (χ2v) is 10.6. The van der Waals surface area contributed by atoms with E-state index < -0.39 is 0 Å². The number of aryl methyl sites for hydroxylation is 1. The van der Waals surface area contributed by atoms with Crippen LogP contribution in [0.15, 0.2) is 24.3 Å². The molecule has 1 fully saturated rings. The van der Waals surface area contributed by atoms with E-state index in [2.05, 4.69) is 47.8 Å². The predicted octanol–water partition coefficient (Wildman–Crippen LogP) is 6.18. The predicted molar refractivity (Wildman–Crippen MR) is 130 cm³/mol. The quantitative estimate of drug-likeness (QED) is 0.519. The monoisotopic (exact) mass is 436 g/mol. The molecule has 0 unspecified atom stereocenters. The summed E-state index contributed by atoms with van der Waals surface area (Å²) in [6.07, 6.45) is 7.31. The van der Waals surface area contributed by atoms with E-state index in [4.69, 9.17) is 5.10 Å². The molecule has 5 rings (SSSR count). The molecule has 1 N–H and O–H groups in total. The average Bonchev–Trinajstić information content (AvgIpc) is 3.44. The number of hydrogen-bond donors (Lipinski definition) is 1. The van der Waals surface area contributed by atoms with E-state index in [0.717, 1.165) is 46.0 Å². The van der Waals surface area contributed by atoms with Crippen LogP contribution in [-0.4, -0.2) is 28.8 Å². The summed E-state index contributed by atoms with van der Waals surface area (Å²) in [5.74, 6) is 0.624. The van der Waals surface area contributed by atoms with Crippen LogP contribution in [0, 0.1) is 12.8 Å². The number of amides is 1. The number of benzene rings is 1. The van der Waals surface area contributed by atoms with Crippen molar-refractivity contribution in [2.45, 2.75) is 65.3 Å². The summed E-state index contributed by atoms with van der Waals surface area (Å²) in [5, 5.41) is 9.08. The zero-order chi connectivity index (χ0) is 21.5. The maximum atomic E-state index is 13.0. The Bertz CT molecular complexity index is 1110. The first-order valence-electron chi connectivity index (χ1n) is 11.7. The van der Waals surface area contributed by atoms with Crippen LogP contribution < -0.4 is 10.2 Å². The lowest BCUT2D eigenvalue weighted by Crippen LogP contribution is -2.25. The number of fused-ring (bicyclic) bond motifs is 2. The number of nitrogens with one attached hydrogen (secondary N) is 1. The Hall–Kier alpha value is -2.34. The number of nitrogens with zero attached hydrogens (tertiary/aromatic N) is 3. The van der Waals surface area contributed by atoms with Crippen molar-refractivity contribution in [3.05, 3.63) is 40.4 Å². The number of thiophene rings is 1. The molecule has 0 radical (unpaired) electrons. The molecule has 0 bridgehead atoms. The Morgan fingerprint density at radius 1 is 1.23 bits per heavy atom. The summed E-state index contributed by atoms with van der Waals surface area (Å²) in [7, 11) is 0. The third-order valence-corrected chi connectivity index (χ3v) is 7.75. The summed E-state index contributed by atoms with van der Waals surface area (Å²) in [5.41, 5.74) is 4.56. The first-order chi connectivity index (χ1) is 15.0. The molecule has 31 heavy (non-hydrogen) atoms. The largest absolute Gasteiger partial charge is 0.371 e. The Morgan fingerprint density at radius 3 is 2.81 bits per heavy atom. The summed E-state index contributed by atoms with van der Waals surface area (Å²) >= 11 is 1.58. The molecule has 1 amide bonds. The second kappa shape index (κ2) is 8.30. The number of carbonyl (C=O) groups excluding carboxylic acids is 1. The molecule has 0 atom stereocenters. The van der Waals surface area contributed by atoms with Crippen molar-refractivity contribution in [2.75, 3.05) is 23.3 Å². The van der Waals surface area contributed by atoms with Crippen LogP contribution in [0.25, 0.3) is 10.2 Å². The van der Waals surface area contributed by atoms with Gasteiger partial charge in [-0.05, 0) is 61.9 Å². The van der Waals surface area contributed by atoms with Crippen molar-refractivity contribution in [3.8, 4) is 0 Å². The van der Waals surface area contributed by atoms with Crippen molar-refractivity contribution >= 4 is 38.8 Å². The Balaban J connectivity index is 1.35. The van der Waals surface area contributed by atoms with Crippen LogP contribution in [-0.2, 0) is 6.42 Å². The molecule has 3 aromatic rings. The van der Waals surface area contributed by atoms with Gasteiger partial charge in [0.25, 0.3) is 5.91 Å². The lowest BCUT2D eigenvalue weighted by Gasteiger charge is -2.22. The average molecular weight is 437 g/mol. The maximum absolute atomic E-state index is 13.0. The summed E-state index contributed by atoms with van der Waals surface area (Å²) in [6.45, 7) is 8.72. The van der Waals surface area contributed by atoms with Gasteiger partial charge in [-0.2, -0.15) is 5.10 Å². The fourth-order valence-corrected chi connectivity index (χ4v) is 6.26. The van der Waals surface area contributed by atoms with E-state index in [-0.39, 0.29) is 5.91 Å². The van der Waals surface area contributed by atoms with Gasteiger partial charge in [-0.25, -0.2) is 0 Å². The number of carbonyl (C=O) groups is 1. The molecule has 3 heterocycles. The van der Waals surface area contributed by atoms with E-state index >= 15 is 0 Å². The second-order valence-electron chi connectivity index (χ2n) is 9.54. The number of anilines is 2. The van der Waals surface area contributed by atoms with E-state index in [1.165, 1.54) is 43.4 Å². The van der Waals surface area contributed by atoms with Crippen molar-refractivity contribution in [3.63, 3.8) is 0 Å². The minimum absolute atomic E-state index is 0.0206. The van der Waals surface area contributed by atoms with Gasteiger partial charge in [-0.15, -0.1) is 11.3 Å². The van der Waals surface area contributed by atoms with Crippen LogP contribution >= 0.6 is 11.3 Å². The number of hydrogen-bond acceptors (Lipinski definition) is 4. The molecule has 0 saturated heterocycles. The molecule has 5 nitrogen and oxygen atoms in total. The fraction of sp³-hybridized carbons (Fsp3) is 0.520. The van der Waals surface area contributed by atoms with Crippen LogP contribution in [0.1, 0.15) is 72.9 Å². The minimum atomic E-state index is -0.0206. The van der Waals surface area contributed by atoms with E-state index in [0.29, 0.717) is 12.0 Å². The topological polar surface area (TPSA) is 50.2 Å².